The summed E-state index contributed by atoms with van der Waals surface area (Å²) in [6.45, 7) is 4.13. The summed E-state index contributed by atoms with van der Waals surface area (Å²) in [7, 11) is 0. The van der Waals surface area contributed by atoms with Crippen LogP contribution in [0.1, 0.15) is 34.3 Å². The molecule has 1 fully saturated rings. The molecule has 112 valence electrons. The van der Waals surface area contributed by atoms with E-state index in [9.17, 15) is 4.79 Å². The number of hydrogen-bond acceptors (Lipinski definition) is 3. The number of benzene rings is 1. The summed E-state index contributed by atoms with van der Waals surface area (Å²) >= 11 is 0. The van der Waals surface area contributed by atoms with E-state index >= 15 is 0 Å². The topological polar surface area (TPSA) is 64.4 Å². The maximum absolute atomic E-state index is 12.2. The van der Waals surface area contributed by atoms with Gasteiger partial charge in [0.15, 0.2) is 0 Å². The molecular weight excluding hydrogens is 264 g/mol. The van der Waals surface area contributed by atoms with Crippen LogP contribution in [0, 0.1) is 24.7 Å². The first kappa shape index (κ1) is 15.6. The van der Waals surface area contributed by atoms with Crippen LogP contribution in [-0.4, -0.2) is 32.2 Å². The molecule has 1 aromatic rings. The van der Waals surface area contributed by atoms with Gasteiger partial charge in [0.05, 0.1) is 13.2 Å². The summed E-state index contributed by atoms with van der Waals surface area (Å²) in [6.07, 6.45) is 2.56. The van der Waals surface area contributed by atoms with Crippen molar-refractivity contribution in [1.29, 1.82) is 0 Å². The van der Waals surface area contributed by atoms with E-state index < -0.39 is 0 Å². The molecule has 1 saturated carbocycles. The summed E-state index contributed by atoms with van der Waals surface area (Å²) in [6, 6.07) is 5.54. The van der Waals surface area contributed by atoms with Crippen molar-refractivity contribution in [3.63, 3.8) is 0 Å². The first-order valence-electron chi connectivity index (χ1n) is 7.37. The van der Waals surface area contributed by atoms with Crippen molar-refractivity contribution in [2.45, 2.75) is 19.8 Å². The monoisotopic (exact) mass is 286 g/mol. The first-order chi connectivity index (χ1) is 10.2. The molecule has 0 spiro atoms. The molecule has 1 aliphatic carbocycles. The molecule has 0 bridgehead atoms. The minimum absolute atomic E-state index is 0.0843. The Bertz CT molecular complexity index is 554. The predicted molar refractivity (Wildman–Crippen MR) is 83.0 cm³/mol. The SMILES string of the molecule is Cc1c(C#CCN)cccc1C(=O)NCCOCC1CC1. The van der Waals surface area contributed by atoms with Crippen LogP contribution in [-0.2, 0) is 4.74 Å². The van der Waals surface area contributed by atoms with Crippen molar-refractivity contribution in [3.8, 4) is 11.8 Å². The van der Waals surface area contributed by atoms with Gasteiger partial charge in [0.25, 0.3) is 5.91 Å². The van der Waals surface area contributed by atoms with Crippen molar-refractivity contribution in [2.75, 3.05) is 26.3 Å². The molecule has 3 N–H and O–H groups in total. The fraction of sp³-hybridized carbons (Fsp3) is 0.471. The van der Waals surface area contributed by atoms with E-state index in [0.717, 1.165) is 23.7 Å². The Morgan fingerprint density at radius 3 is 3.00 bits per heavy atom. The van der Waals surface area contributed by atoms with Crippen LogP contribution in [0.3, 0.4) is 0 Å². The molecule has 4 nitrogen and oxygen atoms in total. The van der Waals surface area contributed by atoms with Gasteiger partial charge in [-0.2, -0.15) is 0 Å². The third-order valence-electron chi connectivity index (χ3n) is 3.49. The zero-order valence-electron chi connectivity index (χ0n) is 12.4. The zero-order valence-corrected chi connectivity index (χ0v) is 12.4. The normalized spacial score (nSPS) is 13.4. The maximum atomic E-state index is 12.2. The van der Waals surface area contributed by atoms with E-state index in [-0.39, 0.29) is 5.91 Å². The van der Waals surface area contributed by atoms with E-state index in [4.69, 9.17) is 10.5 Å². The molecule has 0 atom stereocenters. The molecule has 0 aliphatic heterocycles. The van der Waals surface area contributed by atoms with E-state index in [1.807, 2.05) is 25.1 Å². The van der Waals surface area contributed by atoms with Crippen molar-refractivity contribution in [2.24, 2.45) is 11.7 Å². The lowest BCUT2D eigenvalue weighted by Crippen LogP contribution is -2.28. The number of carbonyl (C=O) groups excluding carboxylic acids is 1. The van der Waals surface area contributed by atoms with Crippen molar-refractivity contribution >= 4 is 5.91 Å². The Kier molecular flexibility index (Phi) is 5.79. The van der Waals surface area contributed by atoms with Gasteiger partial charge in [0, 0.05) is 24.3 Å². The first-order valence-corrected chi connectivity index (χ1v) is 7.37. The highest BCUT2D eigenvalue weighted by atomic mass is 16.5. The highest BCUT2D eigenvalue weighted by Gasteiger charge is 2.20. The minimum atomic E-state index is -0.0843. The van der Waals surface area contributed by atoms with E-state index in [2.05, 4.69) is 17.2 Å². The van der Waals surface area contributed by atoms with Gasteiger partial charge in [-0.05, 0) is 43.4 Å². The summed E-state index contributed by atoms with van der Waals surface area (Å²) in [5.41, 5.74) is 7.76. The van der Waals surface area contributed by atoms with Crippen LogP contribution in [0.2, 0.25) is 0 Å². The smallest absolute Gasteiger partial charge is 0.251 e. The molecule has 0 heterocycles. The van der Waals surface area contributed by atoms with Crippen LogP contribution in [0.5, 0.6) is 0 Å². The Balaban J connectivity index is 1.85. The fourth-order valence-electron chi connectivity index (χ4n) is 2.03. The zero-order chi connectivity index (χ0) is 15.1. The number of carbonyl (C=O) groups is 1. The molecule has 1 amide bonds. The fourth-order valence-corrected chi connectivity index (χ4v) is 2.03. The third-order valence-corrected chi connectivity index (χ3v) is 3.49. The number of amides is 1. The molecule has 1 aliphatic rings. The Morgan fingerprint density at radius 1 is 1.48 bits per heavy atom. The summed E-state index contributed by atoms with van der Waals surface area (Å²) in [5.74, 6) is 6.46. The second-order valence-corrected chi connectivity index (χ2v) is 5.26. The highest BCUT2D eigenvalue weighted by molar-refractivity contribution is 5.96. The van der Waals surface area contributed by atoms with Crippen LogP contribution < -0.4 is 11.1 Å². The predicted octanol–water partition coefficient (Wildman–Crippen LogP) is 1.46. The van der Waals surface area contributed by atoms with Crippen molar-refractivity contribution in [1.82, 2.24) is 5.32 Å². The number of rotatable bonds is 6. The van der Waals surface area contributed by atoms with E-state index in [0.29, 0.717) is 25.3 Å². The molecule has 0 unspecified atom stereocenters. The molecule has 4 heteroatoms. The van der Waals surface area contributed by atoms with Crippen LogP contribution >= 0.6 is 0 Å². The van der Waals surface area contributed by atoms with Gasteiger partial charge < -0.3 is 15.8 Å². The second-order valence-electron chi connectivity index (χ2n) is 5.26. The maximum Gasteiger partial charge on any atom is 0.251 e. The number of nitrogens with one attached hydrogen (secondary N) is 1. The molecule has 0 saturated heterocycles. The molecule has 0 radical (unpaired) electrons. The van der Waals surface area contributed by atoms with Gasteiger partial charge in [-0.3, -0.25) is 4.79 Å². The Hall–Kier alpha value is -1.83. The summed E-state index contributed by atoms with van der Waals surface area (Å²) in [4.78, 5) is 12.2. The number of ether oxygens (including phenoxy) is 1. The third kappa shape index (κ3) is 4.89. The Labute approximate surface area is 126 Å². The summed E-state index contributed by atoms with van der Waals surface area (Å²) < 4.78 is 5.50. The molecule has 1 aromatic carbocycles. The molecule has 21 heavy (non-hydrogen) atoms. The quantitative estimate of drug-likeness (QED) is 0.615. The van der Waals surface area contributed by atoms with Gasteiger partial charge in [0.1, 0.15) is 0 Å². The van der Waals surface area contributed by atoms with Gasteiger partial charge in [-0.25, -0.2) is 0 Å². The van der Waals surface area contributed by atoms with E-state index in [1.54, 1.807) is 0 Å². The molecular formula is C17H22N2O2. The molecule has 0 aromatic heterocycles. The number of hydrogen-bond donors (Lipinski definition) is 2. The van der Waals surface area contributed by atoms with E-state index in [1.165, 1.54) is 12.8 Å². The van der Waals surface area contributed by atoms with Crippen LogP contribution in [0.25, 0.3) is 0 Å². The lowest BCUT2D eigenvalue weighted by atomic mass is 10.0. The standard InChI is InChI=1S/C17H22N2O2/c1-13-15(5-3-9-18)4-2-6-16(13)17(20)19-10-11-21-12-14-7-8-14/h2,4,6,14H,7-12,18H2,1H3,(H,19,20). The molecule has 2 rings (SSSR count). The van der Waals surface area contributed by atoms with Gasteiger partial charge in [-0.15, -0.1) is 0 Å². The van der Waals surface area contributed by atoms with Crippen LogP contribution in [0.4, 0.5) is 0 Å². The average molecular weight is 286 g/mol. The van der Waals surface area contributed by atoms with Gasteiger partial charge >= 0.3 is 0 Å². The lowest BCUT2D eigenvalue weighted by Gasteiger charge is -2.09. The second kappa shape index (κ2) is 7.82. The van der Waals surface area contributed by atoms with Crippen molar-refractivity contribution in [3.05, 3.63) is 34.9 Å². The Morgan fingerprint density at radius 2 is 2.29 bits per heavy atom. The van der Waals surface area contributed by atoms with Gasteiger partial charge in [-0.1, -0.05) is 17.9 Å². The number of nitrogens with two attached hydrogens (primary N) is 1. The average Bonchev–Trinajstić information content (AvgIpc) is 3.30. The lowest BCUT2D eigenvalue weighted by molar-refractivity contribution is 0.0906. The largest absolute Gasteiger partial charge is 0.379 e. The summed E-state index contributed by atoms with van der Waals surface area (Å²) in [5, 5.41) is 2.88. The van der Waals surface area contributed by atoms with Gasteiger partial charge in [0.2, 0.25) is 0 Å². The van der Waals surface area contributed by atoms with Crippen molar-refractivity contribution < 1.29 is 9.53 Å². The minimum Gasteiger partial charge on any atom is -0.379 e. The van der Waals surface area contributed by atoms with Crippen LogP contribution in [0.15, 0.2) is 18.2 Å². The highest BCUT2D eigenvalue weighted by Crippen LogP contribution is 2.28.